The van der Waals surface area contributed by atoms with E-state index >= 15 is 0 Å². The Labute approximate surface area is 123 Å². The molecule has 0 saturated carbocycles. The van der Waals surface area contributed by atoms with E-state index in [2.05, 4.69) is 28.8 Å². The van der Waals surface area contributed by atoms with Gasteiger partial charge in [-0.05, 0) is 12.1 Å². The van der Waals surface area contributed by atoms with Crippen LogP contribution in [0.4, 0.5) is 0 Å². The highest BCUT2D eigenvalue weighted by molar-refractivity contribution is 6.07. The smallest absolute Gasteiger partial charge is 0.121 e. The fraction of sp³-hybridized carbons (Fsp3) is 0.294. The number of aliphatic hydroxyl groups is 2. The van der Waals surface area contributed by atoms with Crippen LogP contribution in [0, 0.1) is 0 Å². The fourth-order valence-corrected chi connectivity index (χ4v) is 2.89. The van der Waals surface area contributed by atoms with E-state index in [0.717, 1.165) is 11.0 Å². The summed E-state index contributed by atoms with van der Waals surface area (Å²) in [6, 6.07) is 16.6. The SMILES string of the molecule is OCC[NH2+]C[C@@H](O)Cn1c2ccccc2c2ccccc21. The molecule has 4 nitrogen and oxygen atoms in total. The summed E-state index contributed by atoms with van der Waals surface area (Å²) in [6.07, 6.45) is -0.434. The van der Waals surface area contributed by atoms with Crippen LogP contribution in [0.2, 0.25) is 0 Å². The number of hydrogen-bond donors (Lipinski definition) is 3. The van der Waals surface area contributed by atoms with E-state index in [1.165, 1.54) is 10.8 Å². The molecular formula is C17H21N2O2+. The van der Waals surface area contributed by atoms with Crippen LogP contribution in [0.5, 0.6) is 0 Å². The number of quaternary nitrogens is 1. The Hall–Kier alpha value is -1.88. The van der Waals surface area contributed by atoms with Crippen molar-refractivity contribution in [1.82, 2.24) is 4.57 Å². The Bertz CT molecular complexity index is 683. The third-order valence-corrected chi connectivity index (χ3v) is 3.85. The zero-order valence-electron chi connectivity index (χ0n) is 11.9. The summed E-state index contributed by atoms with van der Waals surface area (Å²) in [6.45, 7) is 1.93. The zero-order chi connectivity index (χ0) is 14.7. The number of benzene rings is 2. The van der Waals surface area contributed by atoms with Crippen LogP contribution in [-0.2, 0) is 6.54 Å². The number of fused-ring (bicyclic) bond motifs is 3. The first-order valence-corrected chi connectivity index (χ1v) is 7.38. The topological polar surface area (TPSA) is 62.0 Å². The van der Waals surface area contributed by atoms with E-state index < -0.39 is 6.10 Å². The highest BCUT2D eigenvalue weighted by atomic mass is 16.3. The van der Waals surface area contributed by atoms with Crippen LogP contribution >= 0.6 is 0 Å². The van der Waals surface area contributed by atoms with Crippen LogP contribution in [0.15, 0.2) is 48.5 Å². The van der Waals surface area contributed by atoms with Gasteiger partial charge in [-0.3, -0.25) is 0 Å². The summed E-state index contributed by atoms with van der Waals surface area (Å²) < 4.78 is 2.18. The van der Waals surface area contributed by atoms with Gasteiger partial charge in [-0.2, -0.15) is 0 Å². The van der Waals surface area contributed by atoms with Crippen molar-refractivity contribution in [2.75, 3.05) is 19.7 Å². The monoisotopic (exact) mass is 285 g/mol. The molecule has 0 radical (unpaired) electrons. The Morgan fingerprint density at radius 3 is 2.10 bits per heavy atom. The molecule has 1 heterocycles. The zero-order valence-corrected chi connectivity index (χ0v) is 11.9. The summed E-state index contributed by atoms with van der Waals surface area (Å²) in [4.78, 5) is 0. The number of nitrogens with zero attached hydrogens (tertiary/aromatic N) is 1. The lowest BCUT2D eigenvalue weighted by molar-refractivity contribution is -0.662. The molecule has 4 heteroatoms. The van der Waals surface area contributed by atoms with Crippen LogP contribution in [0.25, 0.3) is 21.8 Å². The molecule has 0 unspecified atom stereocenters. The maximum absolute atomic E-state index is 10.2. The first-order chi connectivity index (χ1) is 10.3. The van der Waals surface area contributed by atoms with Gasteiger partial charge in [0.25, 0.3) is 0 Å². The second kappa shape index (κ2) is 6.26. The molecule has 0 aliphatic heterocycles. The normalized spacial score (nSPS) is 13.0. The maximum atomic E-state index is 10.2. The van der Waals surface area contributed by atoms with Gasteiger partial charge in [0, 0.05) is 21.8 Å². The van der Waals surface area contributed by atoms with Crippen LogP contribution < -0.4 is 5.32 Å². The molecule has 110 valence electrons. The average molecular weight is 285 g/mol. The predicted molar refractivity (Wildman–Crippen MR) is 84.2 cm³/mol. The predicted octanol–water partition coefficient (Wildman–Crippen LogP) is 0.711. The largest absolute Gasteiger partial charge is 0.391 e. The molecule has 0 saturated heterocycles. The Morgan fingerprint density at radius 1 is 0.952 bits per heavy atom. The molecule has 1 aromatic heterocycles. The van der Waals surface area contributed by atoms with Gasteiger partial charge in [0.2, 0.25) is 0 Å². The minimum Gasteiger partial charge on any atom is -0.391 e. The van der Waals surface area contributed by atoms with E-state index in [9.17, 15) is 5.11 Å². The lowest BCUT2D eigenvalue weighted by atomic mass is 10.2. The molecule has 0 spiro atoms. The molecule has 0 bridgehead atoms. The molecule has 21 heavy (non-hydrogen) atoms. The highest BCUT2D eigenvalue weighted by Crippen LogP contribution is 2.28. The quantitative estimate of drug-likeness (QED) is 0.584. The van der Waals surface area contributed by atoms with E-state index in [-0.39, 0.29) is 6.61 Å². The molecule has 0 aliphatic carbocycles. The van der Waals surface area contributed by atoms with Crippen molar-refractivity contribution < 1.29 is 15.5 Å². The fourth-order valence-electron chi connectivity index (χ4n) is 2.89. The number of aliphatic hydroxyl groups excluding tert-OH is 2. The van der Waals surface area contributed by atoms with Gasteiger partial charge in [-0.15, -0.1) is 0 Å². The van der Waals surface area contributed by atoms with Gasteiger partial charge in [0.1, 0.15) is 12.6 Å². The van der Waals surface area contributed by atoms with E-state index in [4.69, 9.17) is 5.11 Å². The Morgan fingerprint density at radius 2 is 1.52 bits per heavy atom. The first-order valence-electron chi connectivity index (χ1n) is 7.38. The number of hydrogen-bond acceptors (Lipinski definition) is 2. The Kier molecular flexibility index (Phi) is 4.20. The standard InChI is InChI=1S/C17H20N2O2/c20-10-9-18-11-13(21)12-19-16-7-3-1-5-14(16)15-6-2-4-8-17(15)19/h1-8,13,18,20-21H,9-12H2/p+1/t13-/m1/s1. The van der Waals surface area contributed by atoms with Crippen molar-refractivity contribution >= 4 is 21.8 Å². The van der Waals surface area contributed by atoms with Gasteiger partial charge in [0.15, 0.2) is 0 Å². The maximum Gasteiger partial charge on any atom is 0.121 e. The highest BCUT2D eigenvalue weighted by Gasteiger charge is 2.13. The third-order valence-electron chi connectivity index (χ3n) is 3.85. The summed E-state index contributed by atoms with van der Waals surface area (Å²) in [5.41, 5.74) is 2.31. The minimum absolute atomic E-state index is 0.141. The molecule has 0 fully saturated rings. The van der Waals surface area contributed by atoms with Gasteiger partial charge in [-0.25, -0.2) is 0 Å². The molecule has 4 N–H and O–H groups in total. The first kappa shape index (κ1) is 14.1. The molecule has 2 aromatic carbocycles. The lowest BCUT2D eigenvalue weighted by Gasteiger charge is -2.12. The average Bonchev–Trinajstić information content (AvgIpc) is 2.83. The third kappa shape index (κ3) is 2.78. The molecule has 0 amide bonds. The molecule has 1 atom stereocenters. The second-order valence-corrected chi connectivity index (χ2v) is 5.34. The lowest BCUT2D eigenvalue weighted by Crippen LogP contribution is -2.87. The second-order valence-electron chi connectivity index (χ2n) is 5.34. The van der Waals surface area contributed by atoms with Crippen molar-refractivity contribution in [3.8, 4) is 0 Å². The van der Waals surface area contributed by atoms with E-state index in [1.807, 2.05) is 29.6 Å². The summed E-state index contributed by atoms with van der Waals surface area (Å²) in [5, 5.41) is 23.4. The van der Waals surface area contributed by atoms with Crippen LogP contribution in [0.1, 0.15) is 0 Å². The number of para-hydroxylation sites is 2. The van der Waals surface area contributed by atoms with E-state index in [0.29, 0.717) is 19.6 Å². The van der Waals surface area contributed by atoms with Crippen LogP contribution in [-0.4, -0.2) is 40.6 Å². The van der Waals surface area contributed by atoms with Gasteiger partial charge < -0.3 is 20.1 Å². The van der Waals surface area contributed by atoms with Crippen molar-refractivity contribution in [2.24, 2.45) is 0 Å². The van der Waals surface area contributed by atoms with Crippen molar-refractivity contribution in [2.45, 2.75) is 12.6 Å². The van der Waals surface area contributed by atoms with Crippen molar-refractivity contribution in [1.29, 1.82) is 0 Å². The summed E-state index contributed by atoms with van der Waals surface area (Å²) >= 11 is 0. The number of rotatable bonds is 6. The molecule has 3 rings (SSSR count). The van der Waals surface area contributed by atoms with Crippen molar-refractivity contribution in [3.63, 3.8) is 0 Å². The molecule has 0 aliphatic rings. The van der Waals surface area contributed by atoms with Crippen molar-refractivity contribution in [3.05, 3.63) is 48.5 Å². The Balaban J connectivity index is 1.96. The van der Waals surface area contributed by atoms with Gasteiger partial charge in [-0.1, -0.05) is 36.4 Å². The summed E-state index contributed by atoms with van der Waals surface area (Å²) in [7, 11) is 0. The number of aromatic nitrogens is 1. The molecular weight excluding hydrogens is 264 g/mol. The van der Waals surface area contributed by atoms with Gasteiger partial charge >= 0.3 is 0 Å². The van der Waals surface area contributed by atoms with Gasteiger partial charge in [0.05, 0.1) is 19.7 Å². The van der Waals surface area contributed by atoms with Crippen LogP contribution in [0.3, 0.4) is 0 Å². The van der Waals surface area contributed by atoms with E-state index in [1.54, 1.807) is 0 Å². The number of nitrogens with two attached hydrogens (primary N) is 1. The summed E-state index contributed by atoms with van der Waals surface area (Å²) in [5.74, 6) is 0. The minimum atomic E-state index is -0.434. The molecule has 3 aromatic rings.